The first-order chi connectivity index (χ1) is 8.17. The van der Waals surface area contributed by atoms with Gasteiger partial charge in [0.25, 0.3) is 0 Å². The highest BCUT2D eigenvalue weighted by atomic mass is 16.4. The smallest absolute Gasteiger partial charge is 0.318 e. The molecule has 98 valence electrons. The van der Waals surface area contributed by atoms with E-state index in [1.54, 1.807) is 0 Å². The third-order valence-electron chi connectivity index (χ3n) is 2.38. The van der Waals surface area contributed by atoms with Gasteiger partial charge in [0.1, 0.15) is 0 Å². The first-order valence-electron chi connectivity index (χ1n) is 6.48. The molecule has 0 saturated heterocycles. The van der Waals surface area contributed by atoms with Crippen molar-refractivity contribution in [1.29, 1.82) is 0 Å². The Hall–Kier alpha value is -1.10. The van der Waals surface area contributed by atoms with Gasteiger partial charge in [-0.3, -0.25) is 0 Å². The summed E-state index contributed by atoms with van der Waals surface area (Å²) in [5, 5.41) is 11.4. The first-order valence-corrected chi connectivity index (χ1v) is 6.48. The Bertz CT molecular complexity index is 305. The average molecular weight is 240 g/mol. The van der Waals surface area contributed by atoms with Gasteiger partial charge < -0.3 is 14.6 Å². The lowest BCUT2D eigenvalue weighted by Crippen LogP contribution is -2.25. The number of aromatic nitrogens is 2. The highest BCUT2D eigenvalue weighted by Gasteiger charge is 2.12. The number of hydrogen-bond donors (Lipinski definition) is 1. The number of nitrogens with one attached hydrogen (secondary N) is 1. The van der Waals surface area contributed by atoms with E-state index in [9.17, 15) is 0 Å². The van der Waals surface area contributed by atoms with Crippen LogP contribution in [0, 0.1) is 0 Å². The van der Waals surface area contributed by atoms with E-state index < -0.39 is 0 Å². The third-order valence-corrected chi connectivity index (χ3v) is 2.38. The van der Waals surface area contributed by atoms with Crippen LogP contribution in [0.1, 0.15) is 46.4 Å². The van der Waals surface area contributed by atoms with Crippen molar-refractivity contribution in [2.24, 2.45) is 0 Å². The van der Waals surface area contributed by atoms with Crippen molar-refractivity contribution < 1.29 is 4.42 Å². The van der Waals surface area contributed by atoms with Crippen molar-refractivity contribution in [2.45, 2.75) is 53.1 Å². The van der Waals surface area contributed by atoms with Gasteiger partial charge in [-0.1, -0.05) is 32.8 Å². The number of anilines is 1. The molecule has 0 bridgehead atoms. The minimum absolute atomic E-state index is 0.424. The van der Waals surface area contributed by atoms with E-state index in [4.69, 9.17) is 4.42 Å². The molecule has 5 heteroatoms. The van der Waals surface area contributed by atoms with E-state index in [0.717, 1.165) is 25.9 Å². The van der Waals surface area contributed by atoms with E-state index in [1.165, 1.54) is 0 Å². The number of nitrogens with zero attached hydrogens (tertiary/aromatic N) is 3. The zero-order valence-corrected chi connectivity index (χ0v) is 11.4. The predicted molar refractivity (Wildman–Crippen MR) is 69.1 cm³/mol. The Morgan fingerprint density at radius 2 is 1.82 bits per heavy atom. The lowest BCUT2D eigenvalue weighted by Gasteiger charge is -2.17. The minimum atomic E-state index is 0.424. The van der Waals surface area contributed by atoms with Gasteiger partial charge in [0.15, 0.2) is 0 Å². The molecule has 0 amide bonds. The van der Waals surface area contributed by atoms with Gasteiger partial charge >= 0.3 is 6.01 Å². The summed E-state index contributed by atoms with van der Waals surface area (Å²) >= 11 is 0. The molecule has 1 N–H and O–H groups in total. The average Bonchev–Trinajstić information content (AvgIpc) is 2.74. The minimum Gasteiger partial charge on any atom is -0.407 e. The second-order valence-corrected chi connectivity index (χ2v) is 4.50. The van der Waals surface area contributed by atoms with Crippen LogP contribution < -0.4 is 10.2 Å². The van der Waals surface area contributed by atoms with Crippen LogP contribution >= 0.6 is 0 Å². The van der Waals surface area contributed by atoms with E-state index in [0.29, 0.717) is 24.5 Å². The zero-order chi connectivity index (χ0) is 12.7. The van der Waals surface area contributed by atoms with Crippen molar-refractivity contribution in [3.05, 3.63) is 5.89 Å². The molecule has 0 atom stereocenters. The maximum absolute atomic E-state index is 5.64. The van der Waals surface area contributed by atoms with Crippen LogP contribution in [0.3, 0.4) is 0 Å². The number of rotatable bonds is 8. The molecule has 0 aliphatic carbocycles. The van der Waals surface area contributed by atoms with Gasteiger partial charge in [-0.2, -0.15) is 0 Å². The molecule has 0 radical (unpaired) electrons. The van der Waals surface area contributed by atoms with E-state index in [1.807, 2.05) is 0 Å². The lowest BCUT2D eigenvalue weighted by atomic mass is 10.4. The molecule has 5 nitrogen and oxygen atoms in total. The molecule has 0 unspecified atom stereocenters. The monoisotopic (exact) mass is 240 g/mol. The molecular formula is C12H24N4O. The molecule has 1 aromatic heterocycles. The fraction of sp³-hybridized carbons (Fsp3) is 0.833. The summed E-state index contributed by atoms with van der Waals surface area (Å²) in [6.45, 7) is 11.1. The lowest BCUT2D eigenvalue weighted by molar-refractivity contribution is 0.445. The van der Waals surface area contributed by atoms with E-state index in [-0.39, 0.29) is 0 Å². The van der Waals surface area contributed by atoms with Crippen LogP contribution in [0.25, 0.3) is 0 Å². The van der Waals surface area contributed by atoms with Gasteiger partial charge in [-0.15, -0.1) is 5.10 Å². The van der Waals surface area contributed by atoms with E-state index >= 15 is 0 Å². The molecule has 0 fully saturated rings. The quantitative estimate of drug-likeness (QED) is 0.755. The molecule has 0 spiro atoms. The second-order valence-electron chi connectivity index (χ2n) is 4.50. The largest absolute Gasteiger partial charge is 0.407 e. The van der Waals surface area contributed by atoms with Gasteiger partial charge in [-0.05, 0) is 12.8 Å². The van der Waals surface area contributed by atoms with Crippen LogP contribution in [0.2, 0.25) is 0 Å². The maximum atomic E-state index is 5.64. The van der Waals surface area contributed by atoms with Crippen molar-refractivity contribution in [3.8, 4) is 0 Å². The third kappa shape index (κ3) is 4.73. The van der Waals surface area contributed by atoms with Crippen molar-refractivity contribution in [3.63, 3.8) is 0 Å². The van der Waals surface area contributed by atoms with Gasteiger partial charge in [-0.25, -0.2) is 0 Å². The number of hydrogen-bond acceptors (Lipinski definition) is 5. The molecule has 1 rings (SSSR count). The highest BCUT2D eigenvalue weighted by Crippen LogP contribution is 2.13. The summed E-state index contributed by atoms with van der Waals surface area (Å²) in [6.07, 6.45) is 2.17. The Balaban J connectivity index is 2.57. The Morgan fingerprint density at radius 1 is 1.18 bits per heavy atom. The molecule has 0 aliphatic rings. The molecule has 1 aromatic rings. The van der Waals surface area contributed by atoms with Crippen LogP contribution in [0.5, 0.6) is 0 Å². The van der Waals surface area contributed by atoms with E-state index in [2.05, 4.69) is 48.1 Å². The summed E-state index contributed by atoms with van der Waals surface area (Å²) in [5.41, 5.74) is 0. The molecule has 0 aromatic carbocycles. The predicted octanol–water partition coefficient (Wildman–Crippen LogP) is 2.19. The summed E-state index contributed by atoms with van der Waals surface area (Å²) < 4.78 is 5.64. The van der Waals surface area contributed by atoms with Crippen LogP contribution in [0.15, 0.2) is 4.42 Å². The molecule has 1 heterocycles. The van der Waals surface area contributed by atoms with Gasteiger partial charge in [0.05, 0.1) is 6.54 Å². The van der Waals surface area contributed by atoms with Crippen LogP contribution in [-0.2, 0) is 6.54 Å². The molecular weight excluding hydrogens is 216 g/mol. The normalized spacial score (nSPS) is 11.1. The molecule has 0 saturated carbocycles. The van der Waals surface area contributed by atoms with Crippen molar-refractivity contribution in [1.82, 2.24) is 15.5 Å². The maximum Gasteiger partial charge on any atom is 0.318 e. The fourth-order valence-corrected chi connectivity index (χ4v) is 1.58. The van der Waals surface area contributed by atoms with Crippen LogP contribution in [0.4, 0.5) is 6.01 Å². The molecule has 0 aliphatic heterocycles. The summed E-state index contributed by atoms with van der Waals surface area (Å²) in [5.74, 6) is 0.658. The second kappa shape index (κ2) is 7.27. The Kier molecular flexibility index (Phi) is 5.97. The standard InChI is InChI=1S/C12H24N4O/c1-5-7-16(8-6-2)12-15-14-11(17-12)9-13-10(3)4/h10,13H,5-9H2,1-4H3. The Labute approximate surface area is 104 Å². The Morgan fingerprint density at radius 3 is 2.35 bits per heavy atom. The topological polar surface area (TPSA) is 54.2 Å². The first kappa shape index (κ1) is 14.0. The van der Waals surface area contributed by atoms with Gasteiger partial charge in [0, 0.05) is 19.1 Å². The fourth-order valence-electron chi connectivity index (χ4n) is 1.58. The van der Waals surface area contributed by atoms with Crippen LogP contribution in [-0.4, -0.2) is 29.3 Å². The SMILES string of the molecule is CCCN(CCC)c1nnc(CNC(C)C)o1. The zero-order valence-electron chi connectivity index (χ0n) is 11.4. The molecule has 17 heavy (non-hydrogen) atoms. The summed E-state index contributed by atoms with van der Waals surface area (Å²) in [7, 11) is 0. The highest BCUT2D eigenvalue weighted by molar-refractivity contribution is 5.23. The van der Waals surface area contributed by atoms with Crippen molar-refractivity contribution in [2.75, 3.05) is 18.0 Å². The summed E-state index contributed by atoms with van der Waals surface area (Å²) in [4.78, 5) is 2.14. The summed E-state index contributed by atoms with van der Waals surface area (Å²) in [6, 6.07) is 1.07. The van der Waals surface area contributed by atoms with Crippen molar-refractivity contribution >= 4 is 6.01 Å². The van der Waals surface area contributed by atoms with Gasteiger partial charge in [0.2, 0.25) is 5.89 Å².